The van der Waals surface area contributed by atoms with E-state index in [1.54, 1.807) is 0 Å². The summed E-state index contributed by atoms with van der Waals surface area (Å²) in [5.74, 6) is -2.66. The van der Waals surface area contributed by atoms with Crippen LogP contribution >= 0.6 is 0 Å². The van der Waals surface area contributed by atoms with Crippen LogP contribution in [0.1, 0.15) is 17.1 Å². The van der Waals surface area contributed by atoms with Crippen LogP contribution < -0.4 is 4.74 Å². The number of pyridine rings is 1. The zero-order chi connectivity index (χ0) is 19.8. The van der Waals surface area contributed by atoms with Crippen molar-refractivity contribution in [1.29, 1.82) is 0 Å². The molecular weight excluding hydrogens is 380 g/mol. The molecule has 6 nitrogen and oxygen atoms in total. The fourth-order valence-corrected chi connectivity index (χ4v) is 2.07. The molecule has 0 amide bonds. The molecular formula is C15H9F6N5O. The van der Waals surface area contributed by atoms with Crippen LogP contribution in [0, 0.1) is 6.92 Å². The van der Waals surface area contributed by atoms with Gasteiger partial charge in [-0.25, -0.2) is 9.67 Å². The lowest BCUT2D eigenvalue weighted by Crippen LogP contribution is -2.16. The maximum atomic E-state index is 13.1. The Balaban J connectivity index is 2.09. The number of hydrogen-bond donors (Lipinski definition) is 0. The summed E-state index contributed by atoms with van der Waals surface area (Å²) in [6, 6.07) is 3.09. The predicted octanol–water partition coefficient (Wildman–Crippen LogP) is 4.20. The second kappa shape index (κ2) is 6.52. The topological polar surface area (TPSA) is 65.7 Å². The number of ether oxygens (including phenoxy) is 1. The molecule has 0 radical (unpaired) electrons. The van der Waals surface area contributed by atoms with E-state index in [9.17, 15) is 26.3 Å². The van der Waals surface area contributed by atoms with Gasteiger partial charge < -0.3 is 4.74 Å². The van der Waals surface area contributed by atoms with Gasteiger partial charge in [0.1, 0.15) is 11.4 Å². The molecule has 0 unspecified atom stereocenters. The van der Waals surface area contributed by atoms with Crippen molar-refractivity contribution in [3.05, 3.63) is 53.9 Å². The average molecular weight is 389 g/mol. The molecule has 27 heavy (non-hydrogen) atoms. The quantitative estimate of drug-likeness (QED) is 0.629. The summed E-state index contributed by atoms with van der Waals surface area (Å²) in [4.78, 5) is 9.90. The van der Waals surface area contributed by atoms with Crippen LogP contribution in [-0.2, 0) is 12.4 Å². The summed E-state index contributed by atoms with van der Waals surface area (Å²) in [6.07, 6.45) is -6.13. The minimum absolute atomic E-state index is 0.0528. The highest BCUT2D eigenvalue weighted by Crippen LogP contribution is 2.34. The molecule has 0 aromatic carbocycles. The first-order chi connectivity index (χ1) is 12.6. The first-order valence-corrected chi connectivity index (χ1v) is 7.22. The Hall–Kier alpha value is -3.18. The van der Waals surface area contributed by atoms with Crippen molar-refractivity contribution in [2.24, 2.45) is 0 Å². The van der Waals surface area contributed by atoms with Gasteiger partial charge in [0, 0.05) is 24.7 Å². The molecule has 0 spiro atoms. The zero-order valence-electron chi connectivity index (χ0n) is 13.4. The van der Waals surface area contributed by atoms with Crippen LogP contribution in [0.2, 0.25) is 0 Å². The molecule has 3 rings (SSSR count). The van der Waals surface area contributed by atoms with E-state index in [1.807, 2.05) is 0 Å². The van der Waals surface area contributed by atoms with E-state index in [2.05, 4.69) is 20.1 Å². The van der Waals surface area contributed by atoms with Gasteiger partial charge in [-0.1, -0.05) is 0 Å². The Morgan fingerprint density at radius 1 is 1.00 bits per heavy atom. The minimum Gasteiger partial charge on any atom is -0.438 e. The monoisotopic (exact) mass is 389 g/mol. The van der Waals surface area contributed by atoms with Crippen molar-refractivity contribution in [3.8, 4) is 17.4 Å². The fraction of sp³-hybridized carbons (Fsp3) is 0.200. The van der Waals surface area contributed by atoms with Gasteiger partial charge in [0.25, 0.3) is 0 Å². The summed E-state index contributed by atoms with van der Waals surface area (Å²) in [5.41, 5.74) is -1.20. The van der Waals surface area contributed by atoms with Crippen molar-refractivity contribution < 1.29 is 31.1 Å². The Bertz CT molecular complexity index is 952. The number of rotatable bonds is 3. The number of hydrogen-bond acceptors (Lipinski definition) is 5. The van der Waals surface area contributed by atoms with Crippen LogP contribution in [0.25, 0.3) is 5.82 Å². The van der Waals surface area contributed by atoms with Crippen molar-refractivity contribution in [2.75, 3.05) is 0 Å². The lowest BCUT2D eigenvalue weighted by atomic mass is 10.3. The lowest BCUT2D eigenvalue weighted by Gasteiger charge is -2.15. The van der Waals surface area contributed by atoms with E-state index in [0.717, 1.165) is 16.9 Å². The highest BCUT2D eigenvalue weighted by Gasteiger charge is 2.37. The first kappa shape index (κ1) is 18.6. The fourth-order valence-electron chi connectivity index (χ4n) is 2.07. The summed E-state index contributed by atoms with van der Waals surface area (Å²) >= 11 is 0. The zero-order valence-corrected chi connectivity index (χ0v) is 13.4. The van der Waals surface area contributed by atoms with Gasteiger partial charge >= 0.3 is 12.4 Å². The number of aromatic nitrogens is 5. The predicted molar refractivity (Wildman–Crippen MR) is 78.2 cm³/mol. The number of nitrogens with zero attached hydrogens (tertiary/aromatic N) is 5. The molecule has 0 aliphatic rings. The molecule has 0 aliphatic carbocycles. The average Bonchev–Trinajstić information content (AvgIpc) is 3.09. The highest BCUT2D eigenvalue weighted by molar-refractivity contribution is 5.42. The van der Waals surface area contributed by atoms with Gasteiger partial charge in [0.15, 0.2) is 5.82 Å². The standard InChI is InChI=1S/C15H9F6N5O/c1-8-11(26-6-2-4-23-26)24-13(15(19,20)21)25-12(8)27-9-3-5-22-10(7-9)14(16,17)18/h2-7H,1H3. The molecule has 0 saturated heterocycles. The van der Waals surface area contributed by atoms with Gasteiger partial charge in [0.05, 0.1) is 5.56 Å². The third-order valence-corrected chi connectivity index (χ3v) is 3.29. The van der Waals surface area contributed by atoms with Crippen LogP contribution in [0.5, 0.6) is 11.6 Å². The Morgan fingerprint density at radius 3 is 2.33 bits per heavy atom. The molecule has 0 bridgehead atoms. The van der Waals surface area contributed by atoms with E-state index in [4.69, 9.17) is 4.74 Å². The molecule has 0 atom stereocenters. The van der Waals surface area contributed by atoms with E-state index in [1.165, 1.54) is 25.4 Å². The van der Waals surface area contributed by atoms with Crippen LogP contribution in [0.3, 0.4) is 0 Å². The minimum atomic E-state index is -4.90. The molecule has 3 heterocycles. The Morgan fingerprint density at radius 2 is 1.74 bits per heavy atom. The normalized spacial score (nSPS) is 12.3. The van der Waals surface area contributed by atoms with Crippen molar-refractivity contribution in [3.63, 3.8) is 0 Å². The van der Waals surface area contributed by atoms with Crippen LogP contribution in [-0.4, -0.2) is 24.7 Å². The second-order valence-electron chi connectivity index (χ2n) is 5.23. The van der Waals surface area contributed by atoms with Crippen LogP contribution in [0.15, 0.2) is 36.8 Å². The van der Waals surface area contributed by atoms with Gasteiger partial charge in [-0.3, -0.25) is 4.98 Å². The van der Waals surface area contributed by atoms with Crippen LogP contribution in [0.4, 0.5) is 26.3 Å². The first-order valence-electron chi connectivity index (χ1n) is 7.22. The molecule has 0 saturated carbocycles. The lowest BCUT2D eigenvalue weighted by molar-refractivity contribution is -0.145. The van der Waals surface area contributed by atoms with Gasteiger partial charge in [0.2, 0.25) is 11.7 Å². The summed E-state index contributed by atoms with van der Waals surface area (Å²) in [7, 11) is 0. The Labute approximate surface area is 147 Å². The summed E-state index contributed by atoms with van der Waals surface area (Å²) < 4.78 is 83.8. The van der Waals surface area contributed by atoms with Gasteiger partial charge in [-0.05, 0) is 19.1 Å². The van der Waals surface area contributed by atoms with Gasteiger partial charge in [-0.15, -0.1) is 0 Å². The van der Waals surface area contributed by atoms with E-state index in [0.29, 0.717) is 6.07 Å². The highest BCUT2D eigenvalue weighted by atomic mass is 19.4. The second-order valence-corrected chi connectivity index (χ2v) is 5.23. The van der Waals surface area contributed by atoms with Crippen molar-refractivity contribution in [1.82, 2.24) is 24.7 Å². The molecule has 0 N–H and O–H groups in total. The third-order valence-electron chi connectivity index (χ3n) is 3.29. The van der Waals surface area contributed by atoms with Crippen molar-refractivity contribution >= 4 is 0 Å². The molecule has 142 valence electrons. The smallest absolute Gasteiger partial charge is 0.438 e. The third kappa shape index (κ3) is 3.99. The van der Waals surface area contributed by atoms with Crippen molar-refractivity contribution in [2.45, 2.75) is 19.3 Å². The summed E-state index contributed by atoms with van der Waals surface area (Å²) in [6.45, 7) is 1.36. The largest absolute Gasteiger partial charge is 0.451 e. The maximum absolute atomic E-state index is 13.1. The Kier molecular flexibility index (Phi) is 4.49. The van der Waals surface area contributed by atoms with E-state index in [-0.39, 0.29) is 17.1 Å². The molecule has 3 aromatic heterocycles. The number of alkyl halides is 6. The SMILES string of the molecule is Cc1c(Oc2ccnc(C(F)(F)F)c2)nc(C(F)(F)F)nc1-n1cccn1. The van der Waals surface area contributed by atoms with E-state index >= 15 is 0 Å². The molecule has 0 aliphatic heterocycles. The van der Waals surface area contributed by atoms with Gasteiger partial charge in [-0.2, -0.15) is 36.4 Å². The van der Waals surface area contributed by atoms with E-state index < -0.39 is 29.8 Å². The summed E-state index contributed by atoms with van der Waals surface area (Å²) in [5, 5.41) is 3.81. The number of halogens is 6. The molecule has 12 heteroatoms. The molecule has 0 fully saturated rings. The molecule has 3 aromatic rings. The maximum Gasteiger partial charge on any atom is 0.451 e.